The molecule has 0 aromatic heterocycles. The summed E-state index contributed by atoms with van der Waals surface area (Å²) in [6.07, 6.45) is 2.59. The fourth-order valence-corrected chi connectivity index (χ4v) is 3.72. The molecule has 0 aromatic carbocycles. The molecule has 0 aliphatic carbocycles. The van der Waals surface area contributed by atoms with Gasteiger partial charge in [0.05, 0.1) is 6.10 Å². The van der Waals surface area contributed by atoms with Gasteiger partial charge in [-0.25, -0.2) is 0 Å². The Morgan fingerprint density at radius 2 is 1.57 bits per heavy atom. The lowest BCUT2D eigenvalue weighted by atomic mass is 9.94. The van der Waals surface area contributed by atoms with E-state index in [1.807, 2.05) is 6.92 Å². The van der Waals surface area contributed by atoms with Crippen LogP contribution in [-0.4, -0.2) is 84.2 Å². The highest BCUT2D eigenvalue weighted by molar-refractivity contribution is 5.79. The van der Waals surface area contributed by atoms with Crippen LogP contribution in [0.2, 0.25) is 0 Å². The fraction of sp³-hybridized carbons (Fsp3) is 0.944. The van der Waals surface area contributed by atoms with Crippen molar-refractivity contribution >= 4 is 5.91 Å². The van der Waals surface area contributed by atoms with Crippen molar-refractivity contribution in [2.75, 3.05) is 52.4 Å². The van der Waals surface area contributed by atoms with Crippen molar-refractivity contribution in [2.45, 2.75) is 46.1 Å². The number of carbonyl (C=O) groups is 1. The lowest BCUT2D eigenvalue weighted by molar-refractivity contribution is -0.139. The Hall–Kier alpha value is -0.650. The number of β-amino-alcohol motifs (C(OH)–C–C–N with tert-alkyl or cyclic N) is 1. The Labute approximate surface area is 141 Å². The Balaban J connectivity index is 1.71. The van der Waals surface area contributed by atoms with Gasteiger partial charge in [-0.15, -0.1) is 0 Å². The first-order valence-electron chi connectivity index (χ1n) is 9.41. The van der Waals surface area contributed by atoms with Crippen LogP contribution < -0.4 is 0 Å². The number of piperazine rings is 1. The molecule has 23 heavy (non-hydrogen) atoms. The van der Waals surface area contributed by atoms with Crippen molar-refractivity contribution in [3.63, 3.8) is 0 Å². The van der Waals surface area contributed by atoms with Gasteiger partial charge in [-0.3, -0.25) is 9.69 Å². The van der Waals surface area contributed by atoms with Crippen molar-refractivity contribution < 1.29 is 9.90 Å². The third-order valence-electron chi connectivity index (χ3n) is 5.18. The first kappa shape index (κ1) is 18.7. The highest BCUT2D eigenvalue weighted by Crippen LogP contribution is 2.21. The zero-order chi connectivity index (χ0) is 16.8. The normalized spacial score (nSPS) is 23.4. The molecular weight excluding hydrogens is 290 g/mol. The number of likely N-dealkylation sites (tertiary alicyclic amines) is 1. The molecule has 1 amide bonds. The molecule has 5 heteroatoms. The second-order valence-electron chi connectivity index (χ2n) is 7.66. The number of rotatable bonds is 6. The Morgan fingerprint density at radius 1 is 1.00 bits per heavy atom. The molecule has 0 bridgehead atoms. The van der Waals surface area contributed by atoms with Gasteiger partial charge in [0.25, 0.3) is 0 Å². The Morgan fingerprint density at radius 3 is 2.09 bits per heavy atom. The van der Waals surface area contributed by atoms with Crippen LogP contribution in [0.5, 0.6) is 0 Å². The average Bonchev–Trinajstić information content (AvgIpc) is 2.55. The van der Waals surface area contributed by atoms with Crippen molar-refractivity contribution in [3.8, 4) is 0 Å². The van der Waals surface area contributed by atoms with Gasteiger partial charge >= 0.3 is 0 Å². The van der Waals surface area contributed by atoms with E-state index in [0.29, 0.717) is 11.8 Å². The molecule has 0 saturated carbocycles. The van der Waals surface area contributed by atoms with Gasteiger partial charge in [0, 0.05) is 45.2 Å². The van der Waals surface area contributed by atoms with Crippen LogP contribution in [0.1, 0.15) is 40.0 Å². The lowest BCUT2D eigenvalue weighted by Crippen LogP contribution is -2.52. The number of amides is 1. The van der Waals surface area contributed by atoms with Crippen LogP contribution >= 0.6 is 0 Å². The topological polar surface area (TPSA) is 47.0 Å². The van der Waals surface area contributed by atoms with Gasteiger partial charge in [-0.1, -0.05) is 20.8 Å². The zero-order valence-corrected chi connectivity index (χ0v) is 15.2. The molecule has 2 aliphatic rings. The van der Waals surface area contributed by atoms with Crippen LogP contribution in [0.15, 0.2) is 0 Å². The SMILES string of the molecule is CC[C@H](O)CN1CCN(C(=O)C2CCN(CC(C)C)CC2)CC1. The van der Waals surface area contributed by atoms with Crippen LogP contribution in [-0.2, 0) is 4.79 Å². The molecular formula is C18H35N3O2. The average molecular weight is 325 g/mol. The minimum Gasteiger partial charge on any atom is -0.392 e. The Bertz CT molecular complexity index is 359. The molecule has 2 fully saturated rings. The minimum atomic E-state index is -0.234. The summed E-state index contributed by atoms with van der Waals surface area (Å²) in [5, 5.41) is 9.75. The number of hydrogen-bond acceptors (Lipinski definition) is 4. The van der Waals surface area contributed by atoms with Crippen LogP contribution in [0.3, 0.4) is 0 Å². The van der Waals surface area contributed by atoms with E-state index in [1.54, 1.807) is 0 Å². The molecule has 2 aliphatic heterocycles. The van der Waals surface area contributed by atoms with Crippen molar-refractivity contribution in [1.82, 2.24) is 14.7 Å². The van der Waals surface area contributed by atoms with E-state index in [-0.39, 0.29) is 12.0 Å². The number of nitrogens with zero attached hydrogens (tertiary/aromatic N) is 3. The smallest absolute Gasteiger partial charge is 0.225 e. The molecule has 0 radical (unpaired) electrons. The number of carbonyl (C=O) groups excluding carboxylic acids is 1. The van der Waals surface area contributed by atoms with Crippen molar-refractivity contribution in [2.24, 2.45) is 11.8 Å². The standard InChI is InChI=1S/C18H35N3O2/c1-4-17(22)14-20-9-11-21(12-10-20)18(23)16-5-7-19(8-6-16)13-15(2)3/h15-17,22H,4-14H2,1-3H3/t17-/m0/s1. The second-order valence-corrected chi connectivity index (χ2v) is 7.66. The predicted molar refractivity (Wildman–Crippen MR) is 93.3 cm³/mol. The maximum absolute atomic E-state index is 12.7. The summed E-state index contributed by atoms with van der Waals surface area (Å²) in [7, 11) is 0. The minimum absolute atomic E-state index is 0.228. The van der Waals surface area contributed by atoms with Gasteiger partial charge < -0.3 is 14.9 Å². The molecule has 0 unspecified atom stereocenters. The molecule has 0 spiro atoms. The first-order valence-corrected chi connectivity index (χ1v) is 9.41. The van der Waals surface area contributed by atoms with Gasteiger partial charge in [0.15, 0.2) is 0 Å². The molecule has 2 heterocycles. The van der Waals surface area contributed by atoms with Gasteiger partial charge in [0.1, 0.15) is 0 Å². The zero-order valence-electron chi connectivity index (χ0n) is 15.2. The number of aliphatic hydroxyl groups excluding tert-OH is 1. The number of piperidine rings is 1. The fourth-order valence-electron chi connectivity index (χ4n) is 3.72. The van der Waals surface area contributed by atoms with E-state index in [9.17, 15) is 9.90 Å². The van der Waals surface area contributed by atoms with Crippen molar-refractivity contribution in [1.29, 1.82) is 0 Å². The number of hydrogen-bond donors (Lipinski definition) is 1. The van der Waals surface area contributed by atoms with Crippen molar-refractivity contribution in [3.05, 3.63) is 0 Å². The summed E-state index contributed by atoms with van der Waals surface area (Å²) in [5.41, 5.74) is 0. The van der Waals surface area contributed by atoms with Gasteiger partial charge in [0.2, 0.25) is 5.91 Å². The molecule has 2 saturated heterocycles. The molecule has 1 N–H and O–H groups in total. The van der Waals surface area contributed by atoms with Gasteiger partial charge in [-0.2, -0.15) is 0 Å². The maximum Gasteiger partial charge on any atom is 0.225 e. The highest BCUT2D eigenvalue weighted by atomic mass is 16.3. The van der Waals surface area contributed by atoms with E-state index >= 15 is 0 Å². The third-order valence-corrected chi connectivity index (χ3v) is 5.18. The van der Waals surface area contributed by atoms with E-state index in [1.165, 1.54) is 0 Å². The molecule has 1 atom stereocenters. The van der Waals surface area contributed by atoms with E-state index in [0.717, 1.165) is 71.6 Å². The molecule has 0 aromatic rings. The largest absolute Gasteiger partial charge is 0.392 e. The monoisotopic (exact) mass is 325 g/mol. The summed E-state index contributed by atoms with van der Waals surface area (Å²) in [6, 6.07) is 0. The lowest BCUT2D eigenvalue weighted by Gasteiger charge is -2.39. The van der Waals surface area contributed by atoms with Crippen LogP contribution in [0.25, 0.3) is 0 Å². The van der Waals surface area contributed by atoms with E-state index in [4.69, 9.17) is 0 Å². The molecule has 2 rings (SSSR count). The third kappa shape index (κ3) is 5.73. The summed E-state index contributed by atoms with van der Waals surface area (Å²) in [5.74, 6) is 1.30. The van der Waals surface area contributed by atoms with E-state index in [2.05, 4.69) is 28.5 Å². The second kappa shape index (κ2) is 9.00. The highest BCUT2D eigenvalue weighted by Gasteiger charge is 2.30. The summed E-state index contributed by atoms with van der Waals surface area (Å²) < 4.78 is 0. The first-order chi connectivity index (χ1) is 11.0. The number of aliphatic hydroxyl groups is 1. The summed E-state index contributed by atoms with van der Waals surface area (Å²) >= 11 is 0. The van der Waals surface area contributed by atoms with Crippen LogP contribution in [0, 0.1) is 11.8 Å². The summed E-state index contributed by atoms with van der Waals surface area (Å²) in [4.78, 5) is 19.5. The molecule has 5 nitrogen and oxygen atoms in total. The van der Waals surface area contributed by atoms with E-state index < -0.39 is 0 Å². The van der Waals surface area contributed by atoms with Gasteiger partial charge in [-0.05, 0) is 38.3 Å². The van der Waals surface area contributed by atoms with Crippen LogP contribution in [0.4, 0.5) is 0 Å². The maximum atomic E-state index is 12.7. The predicted octanol–water partition coefficient (Wildman–Crippen LogP) is 1.27. The molecule has 134 valence electrons. The Kier molecular flexibility index (Phi) is 7.31. The summed E-state index contributed by atoms with van der Waals surface area (Å²) in [6.45, 7) is 14.0. The quantitative estimate of drug-likeness (QED) is 0.799.